The van der Waals surface area contributed by atoms with Crippen LogP contribution in [0.25, 0.3) is 9.88 Å². The molecule has 0 spiro atoms. The third-order valence-electron chi connectivity index (χ3n) is 4.07. The lowest BCUT2D eigenvalue weighted by atomic mass is 10.0. The molecule has 0 bridgehead atoms. The molecule has 1 aliphatic heterocycles. The summed E-state index contributed by atoms with van der Waals surface area (Å²) in [4.78, 5) is 23.1. The number of hydrogen-bond donors (Lipinski definition) is 1. The Morgan fingerprint density at radius 1 is 1.26 bits per heavy atom. The molecule has 1 aliphatic rings. The molecule has 27 heavy (non-hydrogen) atoms. The number of thiazole rings is 1. The minimum Gasteiger partial charge on any atom is -0.390 e. The van der Waals surface area contributed by atoms with Crippen molar-refractivity contribution >= 4 is 34.3 Å². The van der Waals surface area contributed by atoms with Gasteiger partial charge in [0.05, 0.1) is 17.1 Å². The van der Waals surface area contributed by atoms with E-state index in [2.05, 4.69) is 15.5 Å². The van der Waals surface area contributed by atoms with E-state index in [-0.39, 0.29) is 17.8 Å². The van der Waals surface area contributed by atoms with Crippen LogP contribution in [0.3, 0.4) is 0 Å². The Morgan fingerprint density at radius 3 is 2.89 bits per heavy atom. The van der Waals surface area contributed by atoms with Crippen molar-refractivity contribution in [2.45, 2.75) is 18.9 Å². The Labute approximate surface area is 163 Å². The van der Waals surface area contributed by atoms with Crippen molar-refractivity contribution in [1.82, 2.24) is 10.3 Å². The first kappa shape index (κ1) is 17.8. The van der Waals surface area contributed by atoms with Crippen molar-refractivity contribution in [2.24, 2.45) is 5.16 Å². The van der Waals surface area contributed by atoms with E-state index < -0.39 is 0 Å². The van der Waals surface area contributed by atoms with E-state index in [1.807, 2.05) is 17.5 Å². The Hall–Kier alpha value is -2.58. The quantitative estimate of drug-likeness (QED) is 0.676. The fourth-order valence-electron chi connectivity index (χ4n) is 2.73. The molecule has 1 aromatic carbocycles. The molecule has 5 nitrogen and oxygen atoms in total. The topological polar surface area (TPSA) is 63.6 Å². The molecule has 4 rings (SSSR count). The predicted octanol–water partition coefficient (Wildman–Crippen LogP) is 4.13. The minimum atomic E-state index is -0.256. The van der Waals surface area contributed by atoms with Crippen LogP contribution in [-0.4, -0.2) is 29.3 Å². The highest BCUT2D eigenvalue weighted by Gasteiger charge is 2.22. The number of carbonyl (C=O) groups excluding carboxylic acids is 1. The number of benzene rings is 1. The number of oxime groups is 1. The molecule has 1 N–H and O–H groups in total. The van der Waals surface area contributed by atoms with Gasteiger partial charge in [-0.25, -0.2) is 9.37 Å². The van der Waals surface area contributed by atoms with Crippen LogP contribution < -0.4 is 5.32 Å². The maximum atomic E-state index is 13.0. The molecule has 0 radical (unpaired) electrons. The number of aromatic nitrogens is 1. The summed E-state index contributed by atoms with van der Waals surface area (Å²) in [5.74, 6) is -0.474. The summed E-state index contributed by atoms with van der Waals surface area (Å²) in [7, 11) is 0. The number of halogens is 1. The van der Waals surface area contributed by atoms with Gasteiger partial charge in [-0.1, -0.05) is 23.4 Å². The van der Waals surface area contributed by atoms with Crippen LogP contribution in [0.1, 0.15) is 22.5 Å². The van der Waals surface area contributed by atoms with Gasteiger partial charge in [0, 0.05) is 18.2 Å². The normalized spacial score (nSPS) is 16.0. The zero-order valence-corrected chi connectivity index (χ0v) is 15.9. The molecule has 1 amide bonds. The molecule has 2 aromatic heterocycles. The monoisotopic (exact) mass is 401 g/mol. The molecular weight excluding hydrogens is 385 g/mol. The number of nitrogens with one attached hydrogen (secondary N) is 1. The van der Waals surface area contributed by atoms with Crippen LogP contribution in [-0.2, 0) is 11.3 Å². The molecule has 3 heterocycles. The van der Waals surface area contributed by atoms with Gasteiger partial charge in [0.2, 0.25) is 0 Å². The first-order chi connectivity index (χ1) is 13.2. The van der Waals surface area contributed by atoms with E-state index >= 15 is 0 Å². The highest BCUT2D eigenvalue weighted by atomic mass is 32.1. The average molecular weight is 401 g/mol. The summed E-state index contributed by atoms with van der Waals surface area (Å²) in [5, 5.41) is 11.5. The van der Waals surface area contributed by atoms with E-state index in [1.165, 1.54) is 23.5 Å². The van der Waals surface area contributed by atoms with Crippen molar-refractivity contribution in [3.8, 4) is 9.88 Å². The van der Waals surface area contributed by atoms with E-state index in [0.29, 0.717) is 25.1 Å². The SMILES string of the molecule is O=C(NC[C@@H]1CC(Cc2ccc(F)cc2)=NO1)c1csc(-c2cccs2)n1. The number of hydrogen-bond acceptors (Lipinski definition) is 6. The van der Waals surface area contributed by atoms with Gasteiger partial charge in [0.15, 0.2) is 0 Å². The first-order valence-corrected chi connectivity index (χ1v) is 10.2. The second-order valence-corrected chi connectivity index (χ2v) is 7.92. The van der Waals surface area contributed by atoms with E-state index in [1.54, 1.807) is 28.8 Å². The second-order valence-electron chi connectivity index (χ2n) is 6.12. The highest BCUT2D eigenvalue weighted by Crippen LogP contribution is 2.27. The number of amides is 1. The smallest absolute Gasteiger partial charge is 0.270 e. The van der Waals surface area contributed by atoms with Gasteiger partial charge >= 0.3 is 0 Å². The zero-order chi connectivity index (χ0) is 18.6. The summed E-state index contributed by atoms with van der Waals surface area (Å²) in [6, 6.07) is 10.3. The Morgan fingerprint density at radius 2 is 2.11 bits per heavy atom. The van der Waals surface area contributed by atoms with Crippen LogP contribution in [0.4, 0.5) is 4.39 Å². The molecule has 3 aromatic rings. The fourth-order valence-corrected chi connectivity index (χ4v) is 4.34. The lowest BCUT2D eigenvalue weighted by Crippen LogP contribution is -2.32. The van der Waals surface area contributed by atoms with Gasteiger partial charge in [0.1, 0.15) is 22.6 Å². The van der Waals surface area contributed by atoms with E-state index in [0.717, 1.165) is 21.2 Å². The van der Waals surface area contributed by atoms with Gasteiger partial charge in [-0.2, -0.15) is 0 Å². The number of carbonyl (C=O) groups is 1. The Kier molecular flexibility index (Phi) is 5.26. The molecule has 0 aliphatic carbocycles. The van der Waals surface area contributed by atoms with Crippen molar-refractivity contribution in [1.29, 1.82) is 0 Å². The van der Waals surface area contributed by atoms with Gasteiger partial charge in [-0.05, 0) is 29.1 Å². The molecule has 0 fully saturated rings. The van der Waals surface area contributed by atoms with E-state index in [9.17, 15) is 9.18 Å². The largest absolute Gasteiger partial charge is 0.390 e. The molecule has 0 saturated heterocycles. The second kappa shape index (κ2) is 7.98. The summed E-state index contributed by atoms with van der Waals surface area (Å²) >= 11 is 3.05. The zero-order valence-electron chi connectivity index (χ0n) is 14.2. The summed E-state index contributed by atoms with van der Waals surface area (Å²) < 4.78 is 13.0. The minimum absolute atomic E-state index is 0.195. The maximum absolute atomic E-state index is 13.0. The van der Waals surface area contributed by atoms with Gasteiger partial charge in [0.25, 0.3) is 5.91 Å². The third-order valence-corrected chi connectivity index (χ3v) is 5.96. The van der Waals surface area contributed by atoms with Gasteiger partial charge in [-0.3, -0.25) is 4.79 Å². The number of nitrogens with zero attached hydrogens (tertiary/aromatic N) is 2. The lowest BCUT2D eigenvalue weighted by molar-refractivity contribution is 0.0751. The average Bonchev–Trinajstić information content (AvgIpc) is 3.42. The first-order valence-electron chi connectivity index (χ1n) is 8.41. The molecule has 0 unspecified atom stereocenters. The van der Waals surface area contributed by atoms with Crippen molar-refractivity contribution in [3.63, 3.8) is 0 Å². The molecule has 138 valence electrons. The Bertz CT molecular complexity index is 952. The molecule has 0 saturated carbocycles. The summed E-state index contributed by atoms with van der Waals surface area (Å²) in [5.41, 5.74) is 2.27. The molecule has 8 heteroatoms. The maximum Gasteiger partial charge on any atom is 0.270 e. The number of thiophene rings is 1. The van der Waals surface area contributed by atoms with Gasteiger partial charge < -0.3 is 10.2 Å². The predicted molar refractivity (Wildman–Crippen MR) is 105 cm³/mol. The van der Waals surface area contributed by atoms with Crippen LogP contribution >= 0.6 is 22.7 Å². The Balaban J connectivity index is 1.26. The van der Waals surface area contributed by atoms with Crippen molar-refractivity contribution in [3.05, 3.63) is 64.2 Å². The van der Waals surface area contributed by atoms with Crippen LogP contribution in [0, 0.1) is 5.82 Å². The van der Waals surface area contributed by atoms with Crippen LogP contribution in [0.5, 0.6) is 0 Å². The molecule has 1 atom stereocenters. The third kappa shape index (κ3) is 4.40. The van der Waals surface area contributed by atoms with Crippen LogP contribution in [0.2, 0.25) is 0 Å². The standard InChI is InChI=1S/C19H16FN3O2S2/c20-13-5-3-12(4-6-13)8-14-9-15(25-23-14)10-21-18(24)16-11-27-19(22-16)17-2-1-7-26-17/h1-7,11,15H,8-10H2,(H,21,24)/t15-/m0/s1. The summed E-state index contributed by atoms with van der Waals surface area (Å²) in [6.45, 7) is 0.362. The molecular formula is C19H16FN3O2S2. The van der Waals surface area contributed by atoms with Crippen LogP contribution in [0.15, 0.2) is 52.3 Å². The van der Waals surface area contributed by atoms with Gasteiger partial charge in [-0.15, -0.1) is 22.7 Å². The number of rotatable bonds is 6. The van der Waals surface area contributed by atoms with E-state index in [4.69, 9.17) is 4.84 Å². The fraction of sp³-hybridized carbons (Fsp3) is 0.211. The van der Waals surface area contributed by atoms with Crippen molar-refractivity contribution in [2.75, 3.05) is 6.54 Å². The van der Waals surface area contributed by atoms with Crippen molar-refractivity contribution < 1.29 is 14.0 Å². The summed E-state index contributed by atoms with van der Waals surface area (Å²) in [6.07, 6.45) is 1.05. The highest BCUT2D eigenvalue weighted by molar-refractivity contribution is 7.20. The lowest BCUT2D eigenvalue weighted by Gasteiger charge is -2.08.